The van der Waals surface area contributed by atoms with Crippen LogP contribution in [0.3, 0.4) is 0 Å². The molecule has 0 spiro atoms. The van der Waals surface area contributed by atoms with E-state index in [9.17, 15) is 8.42 Å². The molecule has 1 heterocycles. The maximum absolute atomic E-state index is 12.9. The Labute approximate surface area is 120 Å². The highest BCUT2D eigenvalue weighted by Gasteiger charge is 2.36. The lowest BCUT2D eigenvalue weighted by Crippen LogP contribution is -2.35. The minimum Gasteiger partial charge on any atom is -0.372 e. The average molecular weight is 295 g/mol. The highest BCUT2D eigenvalue weighted by atomic mass is 32.2. The zero-order valence-electron chi connectivity index (χ0n) is 11.7. The Bertz CT molecular complexity index is 566. The molecule has 0 unspecified atom stereocenters. The van der Waals surface area contributed by atoms with E-state index in [2.05, 4.69) is 10.3 Å². The number of rotatable bonds is 7. The molecule has 0 amide bonds. The molecule has 0 radical (unpaired) electrons. The fourth-order valence-corrected chi connectivity index (χ4v) is 4.12. The number of nitrogens with one attached hydrogen (secondary N) is 1. The molecule has 0 atom stereocenters. The van der Waals surface area contributed by atoms with Crippen molar-refractivity contribution in [3.8, 4) is 0 Å². The number of pyridine rings is 1. The lowest BCUT2D eigenvalue weighted by Gasteiger charge is -2.23. The molecular formula is C14H21N3O2S. The first-order valence-electron chi connectivity index (χ1n) is 7.24. The van der Waals surface area contributed by atoms with Gasteiger partial charge in [0.25, 0.3) is 0 Å². The van der Waals surface area contributed by atoms with E-state index in [-0.39, 0.29) is 0 Å². The zero-order valence-corrected chi connectivity index (χ0v) is 12.6. The van der Waals surface area contributed by atoms with Crippen LogP contribution in [0.1, 0.15) is 25.7 Å². The van der Waals surface area contributed by atoms with Crippen molar-refractivity contribution in [3.05, 3.63) is 18.3 Å². The van der Waals surface area contributed by atoms with Gasteiger partial charge in [-0.15, -0.1) is 0 Å². The molecule has 0 saturated heterocycles. The number of aromatic nitrogens is 1. The summed E-state index contributed by atoms with van der Waals surface area (Å²) >= 11 is 0. The first-order chi connectivity index (χ1) is 9.61. The lowest BCUT2D eigenvalue weighted by atomic mass is 10.4. The summed E-state index contributed by atoms with van der Waals surface area (Å²) in [6.45, 7) is 1.33. The van der Waals surface area contributed by atoms with Gasteiger partial charge in [0.1, 0.15) is 10.7 Å². The highest BCUT2D eigenvalue weighted by Crippen LogP contribution is 2.36. The van der Waals surface area contributed by atoms with E-state index in [4.69, 9.17) is 0 Å². The summed E-state index contributed by atoms with van der Waals surface area (Å²) in [5.41, 5.74) is 0. The summed E-state index contributed by atoms with van der Waals surface area (Å²) < 4.78 is 27.4. The second-order valence-corrected chi connectivity index (χ2v) is 7.72. The molecule has 6 heteroatoms. The van der Waals surface area contributed by atoms with Gasteiger partial charge in [0.05, 0.1) is 0 Å². The molecule has 2 saturated carbocycles. The Kier molecular flexibility index (Phi) is 3.69. The molecule has 110 valence electrons. The molecule has 2 fully saturated rings. The van der Waals surface area contributed by atoms with Crippen molar-refractivity contribution < 1.29 is 8.42 Å². The van der Waals surface area contributed by atoms with Crippen LogP contribution in [-0.4, -0.2) is 37.8 Å². The monoisotopic (exact) mass is 295 g/mol. The van der Waals surface area contributed by atoms with E-state index in [1.165, 1.54) is 0 Å². The third-order valence-corrected chi connectivity index (χ3v) is 5.81. The Balaban J connectivity index is 1.89. The van der Waals surface area contributed by atoms with E-state index in [1.807, 2.05) is 0 Å². The number of hydrogen-bond donors (Lipinski definition) is 1. The predicted molar refractivity (Wildman–Crippen MR) is 78.0 cm³/mol. The second kappa shape index (κ2) is 5.33. The highest BCUT2D eigenvalue weighted by molar-refractivity contribution is 7.89. The Hall–Kier alpha value is -1.14. The average Bonchev–Trinajstić information content (AvgIpc) is 3.33. The third kappa shape index (κ3) is 2.96. The molecule has 0 bridgehead atoms. The molecule has 3 rings (SSSR count). The molecule has 2 aliphatic rings. The summed E-state index contributed by atoms with van der Waals surface area (Å²) in [7, 11) is -1.74. The van der Waals surface area contributed by atoms with Crippen LogP contribution in [0, 0.1) is 11.8 Å². The maximum Gasteiger partial charge on any atom is 0.246 e. The smallest absolute Gasteiger partial charge is 0.246 e. The molecule has 1 aromatic rings. The van der Waals surface area contributed by atoms with Crippen LogP contribution in [0.15, 0.2) is 23.2 Å². The molecule has 0 aromatic carbocycles. The van der Waals surface area contributed by atoms with Crippen LogP contribution >= 0.6 is 0 Å². The topological polar surface area (TPSA) is 62.3 Å². The van der Waals surface area contributed by atoms with Gasteiger partial charge >= 0.3 is 0 Å². The van der Waals surface area contributed by atoms with Crippen molar-refractivity contribution >= 4 is 15.8 Å². The van der Waals surface area contributed by atoms with Gasteiger partial charge in [-0.3, -0.25) is 0 Å². The summed E-state index contributed by atoms with van der Waals surface area (Å²) in [5.74, 6) is 1.54. The summed E-state index contributed by atoms with van der Waals surface area (Å²) in [5, 5.41) is 2.88. The van der Waals surface area contributed by atoms with Crippen LogP contribution in [-0.2, 0) is 10.0 Å². The lowest BCUT2D eigenvalue weighted by molar-refractivity contribution is 0.382. The SMILES string of the molecule is CNc1ncccc1S(=O)(=O)N(CC1CC1)CC1CC1. The van der Waals surface area contributed by atoms with Crippen LogP contribution in [0.25, 0.3) is 0 Å². The number of anilines is 1. The van der Waals surface area contributed by atoms with Gasteiger partial charge in [-0.1, -0.05) is 0 Å². The first-order valence-corrected chi connectivity index (χ1v) is 8.68. The summed E-state index contributed by atoms with van der Waals surface area (Å²) in [6.07, 6.45) is 6.23. The minimum atomic E-state index is -3.45. The fraction of sp³-hybridized carbons (Fsp3) is 0.643. The standard InChI is InChI=1S/C14H21N3O2S/c1-15-14-13(3-2-8-16-14)20(18,19)17(9-11-4-5-11)10-12-6-7-12/h2-3,8,11-12H,4-7,9-10H2,1H3,(H,15,16). The van der Waals surface area contributed by atoms with Crippen LogP contribution in [0.2, 0.25) is 0 Å². The molecule has 20 heavy (non-hydrogen) atoms. The quantitative estimate of drug-likeness (QED) is 0.835. The second-order valence-electron chi connectivity index (χ2n) is 5.81. The summed E-state index contributed by atoms with van der Waals surface area (Å²) in [4.78, 5) is 4.41. The van der Waals surface area contributed by atoms with Gasteiger partial charge in [-0.25, -0.2) is 13.4 Å². The van der Waals surface area contributed by atoms with Crippen molar-refractivity contribution in [1.82, 2.24) is 9.29 Å². The summed E-state index contributed by atoms with van der Waals surface area (Å²) in [6, 6.07) is 3.32. The molecule has 1 N–H and O–H groups in total. The fourth-order valence-electron chi connectivity index (χ4n) is 2.37. The Morgan fingerprint density at radius 2 is 1.85 bits per heavy atom. The molecular weight excluding hydrogens is 274 g/mol. The van der Waals surface area contributed by atoms with Gasteiger partial charge in [0, 0.05) is 26.3 Å². The maximum atomic E-state index is 12.9. The van der Waals surface area contributed by atoms with Crippen LogP contribution in [0.5, 0.6) is 0 Å². The largest absolute Gasteiger partial charge is 0.372 e. The van der Waals surface area contributed by atoms with Crippen LogP contribution < -0.4 is 5.32 Å². The van der Waals surface area contributed by atoms with Gasteiger partial charge < -0.3 is 5.32 Å². The van der Waals surface area contributed by atoms with Gasteiger partial charge in [0.15, 0.2) is 0 Å². The first kappa shape index (κ1) is 13.8. The molecule has 2 aliphatic carbocycles. The minimum absolute atomic E-state index is 0.295. The van der Waals surface area contributed by atoms with Crippen molar-refractivity contribution in [1.29, 1.82) is 0 Å². The van der Waals surface area contributed by atoms with Crippen LogP contribution in [0.4, 0.5) is 5.82 Å². The van der Waals surface area contributed by atoms with Gasteiger partial charge in [-0.05, 0) is 49.7 Å². The van der Waals surface area contributed by atoms with Crippen molar-refractivity contribution in [2.24, 2.45) is 11.8 Å². The van der Waals surface area contributed by atoms with Gasteiger partial charge in [0.2, 0.25) is 10.0 Å². The Morgan fingerprint density at radius 3 is 2.35 bits per heavy atom. The number of nitrogens with zero attached hydrogens (tertiary/aromatic N) is 2. The number of hydrogen-bond acceptors (Lipinski definition) is 4. The molecule has 1 aromatic heterocycles. The van der Waals surface area contributed by atoms with Crippen molar-refractivity contribution in [3.63, 3.8) is 0 Å². The van der Waals surface area contributed by atoms with Gasteiger partial charge in [-0.2, -0.15) is 4.31 Å². The third-order valence-electron chi connectivity index (χ3n) is 3.94. The van der Waals surface area contributed by atoms with E-state index >= 15 is 0 Å². The van der Waals surface area contributed by atoms with Crippen molar-refractivity contribution in [2.45, 2.75) is 30.6 Å². The van der Waals surface area contributed by atoms with E-state index < -0.39 is 10.0 Å². The van der Waals surface area contributed by atoms with E-state index in [0.717, 1.165) is 25.7 Å². The normalized spacial score (nSPS) is 19.3. The zero-order chi connectivity index (χ0) is 14.2. The van der Waals surface area contributed by atoms with Crippen molar-refractivity contribution in [2.75, 3.05) is 25.5 Å². The molecule has 5 nitrogen and oxygen atoms in total. The number of sulfonamides is 1. The molecule has 0 aliphatic heterocycles. The predicted octanol–water partition coefficient (Wildman–Crippen LogP) is 1.93. The Morgan fingerprint density at radius 1 is 1.25 bits per heavy atom. The van der Waals surface area contributed by atoms with E-state index in [0.29, 0.717) is 35.6 Å². The van der Waals surface area contributed by atoms with E-state index in [1.54, 1.807) is 29.7 Å².